The van der Waals surface area contributed by atoms with Crippen molar-refractivity contribution in [3.8, 4) is 11.5 Å². The van der Waals surface area contributed by atoms with Gasteiger partial charge in [0.25, 0.3) is 5.91 Å². The zero-order valence-electron chi connectivity index (χ0n) is 12.9. The lowest BCUT2D eigenvalue weighted by atomic mass is 10.1. The molecule has 1 aliphatic rings. The lowest BCUT2D eigenvalue weighted by molar-refractivity contribution is -0.121. The van der Waals surface area contributed by atoms with Crippen LogP contribution in [0.4, 0.5) is 0 Å². The summed E-state index contributed by atoms with van der Waals surface area (Å²) in [5.74, 6) is 1.41. The number of hydrogen-bond acceptors (Lipinski definition) is 5. The molecule has 0 radical (unpaired) electrons. The fourth-order valence-electron chi connectivity index (χ4n) is 2.08. The number of hydrogen-bond donors (Lipinski definition) is 0. The standard InChI is InChI=1S/C16H19NO3S2/c1-4-17-15(18)14(22-16(17)21)9-11-7-8-12(19-5-2)10-13(11)20-6-3/h7-10H,4-6H2,1-3H3/b14-9-. The third kappa shape index (κ3) is 3.62. The first-order valence-electron chi connectivity index (χ1n) is 7.25. The van der Waals surface area contributed by atoms with Crippen molar-refractivity contribution in [1.82, 2.24) is 4.90 Å². The lowest BCUT2D eigenvalue weighted by Crippen LogP contribution is -2.27. The van der Waals surface area contributed by atoms with Crippen LogP contribution in [-0.2, 0) is 4.79 Å². The maximum Gasteiger partial charge on any atom is 0.266 e. The summed E-state index contributed by atoms with van der Waals surface area (Å²) in [6.07, 6.45) is 1.83. The van der Waals surface area contributed by atoms with Gasteiger partial charge < -0.3 is 9.47 Å². The van der Waals surface area contributed by atoms with E-state index in [-0.39, 0.29) is 5.91 Å². The molecule has 1 aromatic carbocycles. The molecule has 0 bridgehead atoms. The topological polar surface area (TPSA) is 38.8 Å². The molecule has 1 saturated heterocycles. The minimum absolute atomic E-state index is 0.0474. The Morgan fingerprint density at radius 1 is 1.23 bits per heavy atom. The van der Waals surface area contributed by atoms with Gasteiger partial charge in [0.1, 0.15) is 15.8 Å². The molecule has 118 valence electrons. The Morgan fingerprint density at radius 2 is 1.95 bits per heavy atom. The van der Waals surface area contributed by atoms with Gasteiger partial charge in [-0.2, -0.15) is 0 Å². The van der Waals surface area contributed by atoms with Crippen molar-refractivity contribution in [2.75, 3.05) is 19.8 Å². The molecular weight excluding hydrogens is 318 g/mol. The van der Waals surface area contributed by atoms with Crippen LogP contribution in [0, 0.1) is 0 Å². The van der Waals surface area contributed by atoms with Gasteiger partial charge in [-0.05, 0) is 39.0 Å². The fraction of sp³-hybridized carbons (Fsp3) is 0.375. The van der Waals surface area contributed by atoms with Crippen LogP contribution in [0.15, 0.2) is 23.1 Å². The Kier molecular flexibility index (Phi) is 5.85. The van der Waals surface area contributed by atoms with E-state index >= 15 is 0 Å². The van der Waals surface area contributed by atoms with Gasteiger partial charge in [0.15, 0.2) is 0 Å². The minimum Gasteiger partial charge on any atom is -0.494 e. The summed E-state index contributed by atoms with van der Waals surface area (Å²) < 4.78 is 11.7. The summed E-state index contributed by atoms with van der Waals surface area (Å²) in [5.41, 5.74) is 0.849. The van der Waals surface area contributed by atoms with Crippen molar-refractivity contribution in [3.05, 3.63) is 28.7 Å². The van der Waals surface area contributed by atoms with Crippen LogP contribution in [0.5, 0.6) is 11.5 Å². The number of carbonyl (C=O) groups excluding carboxylic acids is 1. The average molecular weight is 337 g/mol. The van der Waals surface area contributed by atoms with Gasteiger partial charge in [-0.15, -0.1) is 0 Å². The Bertz CT molecular complexity index is 613. The Hall–Kier alpha value is -1.53. The number of likely N-dealkylation sites (N-methyl/N-ethyl adjacent to an activating group) is 1. The molecule has 0 atom stereocenters. The molecule has 0 N–H and O–H groups in total. The first-order valence-corrected chi connectivity index (χ1v) is 8.48. The zero-order valence-corrected chi connectivity index (χ0v) is 14.6. The smallest absolute Gasteiger partial charge is 0.266 e. The van der Waals surface area contributed by atoms with Gasteiger partial charge in [0.2, 0.25) is 0 Å². The number of carbonyl (C=O) groups is 1. The number of thioether (sulfide) groups is 1. The van der Waals surface area contributed by atoms with Crippen LogP contribution in [0.3, 0.4) is 0 Å². The molecule has 4 nitrogen and oxygen atoms in total. The maximum atomic E-state index is 12.3. The summed E-state index contributed by atoms with van der Waals surface area (Å²) in [6, 6.07) is 5.62. The van der Waals surface area contributed by atoms with Crippen molar-refractivity contribution in [1.29, 1.82) is 0 Å². The number of nitrogens with zero attached hydrogens (tertiary/aromatic N) is 1. The Morgan fingerprint density at radius 3 is 2.55 bits per heavy atom. The first-order chi connectivity index (χ1) is 10.6. The molecule has 1 heterocycles. The van der Waals surface area contributed by atoms with Crippen molar-refractivity contribution in [3.63, 3.8) is 0 Å². The molecule has 1 fully saturated rings. The quantitative estimate of drug-likeness (QED) is 0.584. The molecule has 0 saturated carbocycles. The number of benzene rings is 1. The molecular formula is C16H19NO3S2. The molecule has 0 aromatic heterocycles. The third-order valence-corrected chi connectivity index (χ3v) is 4.45. The molecule has 0 aliphatic carbocycles. The van der Waals surface area contributed by atoms with Crippen molar-refractivity contribution >= 4 is 40.3 Å². The highest BCUT2D eigenvalue weighted by molar-refractivity contribution is 8.26. The third-order valence-electron chi connectivity index (χ3n) is 3.07. The predicted molar refractivity (Wildman–Crippen MR) is 94.3 cm³/mol. The molecule has 1 amide bonds. The van der Waals surface area contributed by atoms with E-state index in [2.05, 4.69) is 0 Å². The van der Waals surface area contributed by atoms with E-state index in [4.69, 9.17) is 21.7 Å². The van der Waals surface area contributed by atoms with Crippen LogP contribution in [0.2, 0.25) is 0 Å². The highest BCUT2D eigenvalue weighted by Crippen LogP contribution is 2.35. The van der Waals surface area contributed by atoms with Crippen LogP contribution < -0.4 is 9.47 Å². The lowest BCUT2D eigenvalue weighted by Gasteiger charge is -2.11. The molecule has 1 aliphatic heterocycles. The number of amides is 1. The van der Waals surface area contributed by atoms with E-state index in [1.54, 1.807) is 4.90 Å². The van der Waals surface area contributed by atoms with Crippen molar-refractivity contribution in [2.24, 2.45) is 0 Å². The number of thiocarbonyl (C=S) groups is 1. The van der Waals surface area contributed by atoms with E-state index in [1.807, 2.05) is 45.0 Å². The minimum atomic E-state index is -0.0474. The van der Waals surface area contributed by atoms with Gasteiger partial charge in [-0.3, -0.25) is 9.69 Å². The summed E-state index contributed by atoms with van der Waals surface area (Å²) in [5, 5.41) is 0. The summed E-state index contributed by atoms with van der Waals surface area (Å²) in [4.78, 5) is 14.5. The van der Waals surface area contributed by atoms with Crippen LogP contribution >= 0.6 is 24.0 Å². The average Bonchev–Trinajstić information content (AvgIpc) is 2.76. The van der Waals surface area contributed by atoms with Gasteiger partial charge in [0.05, 0.1) is 18.1 Å². The second-order valence-electron chi connectivity index (χ2n) is 4.49. The van der Waals surface area contributed by atoms with Gasteiger partial charge >= 0.3 is 0 Å². The molecule has 22 heavy (non-hydrogen) atoms. The van der Waals surface area contributed by atoms with Crippen molar-refractivity contribution in [2.45, 2.75) is 20.8 Å². The van der Waals surface area contributed by atoms with Gasteiger partial charge in [0, 0.05) is 18.2 Å². The van der Waals surface area contributed by atoms with Gasteiger partial charge in [-0.1, -0.05) is 24.0 Å². The molecule has 0 spiro atoms. The number of ether oxygens (including phenoxy) is 2. The highest BCUT2D eigenvalue weighted by Gasteiger charge is 2.30. The number of rotatable bonds is 6. The highest BCUT2D eigenvalue weighted by atomic mass is 32.2. The Balaban J connectivity index is 2.34. The second-order valence-corrected chi connectivity index (χ2v) is 6.17. The van der Waals surface area contributed by atoms with E-state index in [0.717, 1.165) is 11.3 Å². The van der Waals surface area contributed by atoms with Crippen molar-refractivity contribution < 1.29 is 14.3 Å². The predicted octanol–water partition coefficient (Wildman–Crippen LogP) is 3.71. The first kappa shape index (κ1) is 16.8. The summed E-state index contributed by atoms with van der Waals surface area (Å²) >= 11 is 6.55. The largest absolute Gasteiger partial charge is 0.494 e. The SMILES string of the molecule is CCOc1ccc(/C=C2\SC(=S)N(CC)C2=O)c(OCC)c1. The normalized spacial score (nSPS) is 16.5. The van der Waals surface area contributed by atoms with E-state index in [0.29, 0.717) is 34.7 Å². The van der Waals surface area contributed by atoms with Crippen LogP contribution in [-0.4, -0.2) is 34.9 Å². The molecule has 2 rings (SSSR count). The maximum absolute atomic E-state index is 12.3. The monoisotopic (exact) mass is 337 g/mol. The van der Waals surface area contributed by atoms with E-state index < -0.39 is 0 Å². The van der Waals surface area contributed by atoms with Crippen LogP contribution in [0.25, 0.3) is 6.08 Å². The zero-order chi connectivity index (χ0) is 16.1. The summed E-state index contributed by atoms with van der Waals surface area (Å²) in [6.45, 7) is 7.50. The van der Waals surface area contributed by atoms with E-state index in [9.17, 15) is 4.79 Å². The van der Waals surface area contributed by atoms with Gasteiger partial charge in [-0.25, -0.2) is 0 Å². The second kappa shape index (κ2) is 7.65. The summed E-state index contributed by atoms with van der Waals surface area (Å²) in [7, 11) is 0. The molecule has 0 unspecified atom stereocenters. The van der Waals surface area contributed by atoms with E-state index in [1.165, 1.54) is 11.8 Å². The molecule has 6 heteroatoms. The van der Waals surface area contributed by atoms with Crippen LogP contribution in [0.1, 0.15) is 26.3 Å². The molecule has 1 aromatic rings. The Labute approximate surface area is 140 Å². The fourth-order valence-corrected chi connectivity index (χ4v) is 3.46.